The van der Waals surface area contributed by atoms with Crippen molar-refractivity contribution in [1.29, 1.82) is 0 Å². The van der Waals surface area contributed by atoms with Gasteiger partial charge in [0.25, 0.3) is 0 Å². The minimum Gasteiger partial charge on any atom is -0.465 e. The van der Waals surface area contributed by atoms with E-state index in [-0.39, 0.29) is 17.8 Å². The van der Waals surface area contributed by atoms with Gasteiger partial charge in [-0.3, -0.25) is 0 Å². The Kier molecular flexibility index (Phi) is 5.07. The summed E-state index contributed by atoms with van der Waals surface area (Å²) in [5, 5.41) is 4.42. The van der Waals surface area contributed by atoms with Crippen molar-refractivity contribution in [3.63, 3.8) is 0 Å². The number of hydrogen-bond acceptors (Lipinski definition) is 4. The third kappa shape index (κ3) is 3.49. The van der Waals surface area contributed by atoms with Crippen LogP contribution < -0.4 is 5.32 Å². The summed E-state index contributed by atoms with van der Waals surface area (Å²) >= 11 is 0. The molecule has 0 spiro atoms. The van der Waals surface area contributed by atoms with E-state index in [1.165, 1.54) is 32.1 Å². The quantitative estimate of drug-likeness (QED) is 0.550. The van der Waals surface area contributed by atoms with Gasteiger partial charge in [-0.25, -0.2) is 9.18 Å². The largest absolute Gasteiger partial charge is 0.465 e. The fourth-order valence-corrected chi connectivity index (χ4v) is 4.20. The number of hydrogen-bond donors (Lipinski definition) is 1. The number of aryl methyl sites for hydroxylation is 1. The van der Waals surface area contributed by atoms with E-state index in [0.29, 0.717) is 17.1 Å². The van der Waals surface area contributed by atoms with Crippen LogP contribution in [0.5, 0.6) is 0 Å². The number of carbonyl (C=O) groups excluding carboxylic acids is 1. The molecule has 1 atom stereocenters. The lowest BCUT2D eigenvalue weighted by Crippen LogP contribution is -2.19. The van der Waals surface area contributed by atoms with Crippen molar-refractivity contribution in [3.05, 3.63) is 65.2 Å². The Bertz CT molecular complexity index is 987. The zero-order chi connectivity index (χ0) is 19.7. The molecule has 1 aliphatic carbocycles. The number of rotatable bonds is 5. The highest BCUT2D eigenvalue weighted by Crippen LogP contribution is 2.41. The molecule has 28 heavy (non-hydrogen) atoms. The van der Waals surface area contributed by atoms with Crippen molar-refractivity contribution in [2.75, 3.05) is 12.4 Å². The Morgan fingerprint density at radius 2 is 1.89 bits per heavy atom. The van der Waals surface area contributed by atoms with Gasteiger partial charge < -0.3 is 14.5 Å². The van der Waals surface area contributed by atoms with Crippen molar-refractivity contribution < 1.29 is 18.3 Å². The molecule has 0 amide bonds. The second-order valence-electron chi connectivity index (χ2n) is 7.47. The number of halogens is 1. The van der Waals surface area contributed by atoms with Crippen molar-refractivity contribution in [2.45, 2.75) is 38.6 Å². The molecule has 2 aromatic carbocycles. The monoisotopic (exact) mass is 381 g/mol. The number of furan rings is 1. The first-order valence-corrected chi connectivity index (χ1v) is 9.70. The van der Waals surface area contributed by atoms with Crippen LogP contribution in [0, 0.1) is 18.7 Å². The first-order chi connectivity index (χ1) is 13.6. The predicted octanol–water partition coefficient (Wildman–Crippen LogP) is 6.01. The highest BCUT2D eigenvalue weighted by Gasteiger charge is 2.31. The smallest absolute Gasteiger partial charge is 0.337 e. The first-order valence-electron chi connectivity index (χ1n) is 9.70. The van der Waals surface area contributed by atoms with Gasteiger partial charge in [-0.2, -0.15) is 0 Å². The number of benzene rings is 2. The summed E-state index contributed by atoms with van der Waals surface area (Å²) in [6, 6.07) is 11.9. The summed E-state index contributed by atoms with van der Waals surface area (Å²) in [5.41, 5.74) is 3.11. The summed E-state index contributed by atoms with van der Waals surface area (Å²) in [5.74, 6) is 0.703. The fraction of sp³-hybridized carbons (Fsp3) is 0.348. The van der Waals surface area contributed by atoms with E-state index in [4.69, 9.17) is 9.15 Å². The Morgan fingerprint density at radius 1 is 1.18 bits per heavy atom. The fourth-order valence-electron chi connectivity index (χ4n) is 4.20. The van der Waals surface area contributed by atoms with E-state index in [1.54, 1.807) is 18.2 Å². The van der Waals surface area contributed by atoms with Gasteiger partial charge in [0, 0.05) is 16.6 Å². The van der Waals surface area contributed by atoms with Gasteiger partial charge in [0.2, 0.25) is 0 Å². The number of fused-ring (bicyclic) bond motifs is 1. The molecule has 0 aliphatic heterocycles. The lowest BCUT2D eigenvalue weighted by atomic mass is 9.93. The van der Waals surface area contributed by atoms with Gasteiger partial charge in [0.1, 0.15) is 17.2 Å². The molecule has 0 saturated heterocycles. The predicted molar refractivity (Wildman–Crippen MR) is 107 cm³/mol. The second kappa shape index (κ2) is 7.66. The highest BCUT2D eigenvalue weighted by atomic mass is 19.1. The van der Waals surface area contributed by atoms with Crippen LogP contribution in [-0.4, -0.2) is 13.1 Å². The number of carbonyl (C=O) groups is 1. The number of ether oxygens (including phenoxy) is 1. The highest BCUT2D eigenvalue weighted by molar-refractivity contribution is 5.89. The summed E-state index contributed by atoms with van der Waals surface area (Å²) < 4.78 is 24.7. The van der Waals surface area contributed by atoms with Crippen LogP contribution in [0.4, 0.5) is 10.1 Å². The molecule has 5 heteroatoms. The SMILES string of the molecule is COC(=O)c1ccc(NC(c2oc3ccc(F)cc3c2C)C2CCCC2)cc1. The van der Waals surface area contributed by atoms with Gasteiger partial charge >= 0.3 is 5.97 Å². The van der Waals surface area contributed by atoms with Gasteiger partial charge in [-0.15, -0.1) is 0 Å². The molecule has 0 bridgehead atoms. The molecule has 1 saturated carbocycles. The molecule has 4 rings (SSSR count). The Balaban J connectivity index is 1.68. The maximum Gasteiger partial charge on any atom is 0.337 e. The van der Waals surface area contributed by atoms with E-state index in [0.717, 1.165) is 35.2 Å². The first kappa shape index (κ1) is 18.5. The molecule has 0 radical (unpaired) electrons. The normalized spacial score (nSPS) is 15.7. The molecule has 1 N–H and O–H groups in total. The third-order valence-corrected chi connectivity index (χ3v) is 5.72. The Morgan fingerprint density at radius 3 is 2.57 bits per heavy atom. The maximum atomic E-state index is 13.7. The zero-order valence-electron chi connectivity index (χ0n) is 16.1. The molecule has 4 nitrogen and oxygen atoms in total. The van der Waals surface area contributed by atoms with Gasteiger partial charge in [-0.1, -0.05) is 12.8 Å². The lowest BCUT2D eigenvalue weighted by molar-refractivity contribution is 0.0601. The van der Waals surface area contributed by atoms with Crippen molar-refractivity contribution >= 4 is 22.6 Å². The van der Waals surface area contributed by atoms with Crippen molar-refractivity contribution in [3.8, 4) is 0 Å². The van der Waals surface area contributed by atoms with Crippen LogP contribution in [0.3, 0.4) is 0 Å². The summed E-state index contributed by atoms with van der Waals surface area (Å²) in [4.78, 5) is 11.7. The number of anilines is 1. The van der Waals surface area contributed by atoms with Gasteiger partial charge in [-0.05, 0) is 68.1 Å². The van der Waals surface area contributed by atoms with Crippen LogP contribution in [0.15, 0.2) is 46.9 Å². The minimum atomic E-state index is -0.353. The summed E-state index contributed by atoms with van der Waals surface area (Å²) in [6.07, 6.45) is 4.67. The second-order valence-corrected chi connectivity index (χ2v) is 7.47. The molecule has 1 aliphatic rings. The van der Waals surface area contributed by atoms with Crippen LogP contribution in [0.1, 0.15) is 53.4 Å². The average Bonchev–Trinajstić information content (AvgIpc) is 3.35. The number of nitrogens with one attached hydrogen (secondary N) is 1. The van der Waals surface area contributed by atoms with Crippen LogP contribution >= 0.6 is 0 Å². The molecular formula is C23H24FNO3. The van der Waals surface area contributed by atoms with E-state index in [2.05, 4.69) is 5.32 Å². The van der Waals surface area contributed by atoms with Crippen molar-refractivity contribution in [1.82, 2.24) is 0 Å². The van der Waals surface area contributed by atoms with Crippen LogP contribution in [-0.2, 0) is 4.74 Å². The Hall–Kier alpha value is -2.82. The summed E-state index contributed by atoms with van der Waals surface area (Å²) in [6.45, 7) is 1.99. The standard InChI is InChI=1S/C23H24FNO3/c1-14-19-13-17(24)9-12-20(19)28-22(14)21(15-5-3-4-6-15)25-18-10-7-16(8-11-18)23(26)27-2/h7-13,15,21,25H,3-6H2,1-2H3. The Labute approximate surface area is 163 Å². The molecule has 1 aromatic heterocycles. The topological polar surface area (TPSA) is 51.5 Å². The average molecular weight is 381 g/mol. The van der Waals surface area contributed by atoms with Crippen LogP contribution in [0.25, 0.3) is 11.0 Å². The summed E-state index contributed by atoms with van der Waals surface area (Å²) in [7, 11) is 1.37. The van der Waals surface area contributed by atoms with Crippen molar-refractivity contribution in [2.24, 2.45) is 5.92 Å². The minimum absolute atomic E-state index is 0.00179. The molecule has 3 aromatic rings. The number of methoxy groups -OCH3 is 1. The zero-order valence-corrected chi connectivity index (χ0v) is 16.1. The molecule has 1 heterocycles. The third-order valence-electron chi connectivity index (χ3n) is 5.72. The molecule has 1 unspecified atom stereocenters. The van der Waals surface area contributed by atoms with Gasteiger partial charge in [0.15, 0.2) is 0 Å². The molecule has 146 valence electrons. The van der Waals surface area contributed by atoms with E-state index in [9.17, 15) is 9.18 Å². The van der Waals surface area contributed by atoms with E-state index >= 15 is 0 Å². The van der Waals surface area contributed by atoms with E-state index in [1.807, 2.05) is 19.1 Å². The number of esters is 1. The molecular weight excluding hydrogens is 357 g/mol. The molecule has 1 fully saturated rings. The van der Waals surface area contributed by atoms with E-state index < -0.39 is 0 Å². The van der Waals surface area contributed by atoms with Gasteiger partial charge in [0.05, 0.1) is 18.7 Å². The maximum absolute atomic E-state index is 13.7. The lowest BCUT2D eigenvalue weighted by Gasteiger charge is -2.25. The van der Waals surface area contributed by atoms with Crippen LogP contribution in [0.2, 0.25) is 0 Å².